The van der Waals surface area contributed by atoms with Crippen LogP contribution in [0.3, 0.4) is 0 Å². The topological polar surface area (TPSA) is 45.0 Å². The normalized spacial score (nSPS) is 11.4. The molecule has 0 bridgehead atoms. The minimum absolute atomic E-state index is 0.398. The van der Waals surface area contributed by atoms with Crippen LogP contribution in [0.25, 0.3) is 0 Å². The Labute approximate surface area is 74.0 Å². The fourth-order valence-electron chi connectivity index (χ4n) is 0.757. The molecule has 0 atom stereocenters. The summed E-state index contributed by atoms with van der Waals surface area (Å²) in [5, 5.41) is 11.6. The highest BCUT2D eigenvalue weighted by molar-refractivity contribution is 5.18. The highest BCUT2D eigenvalue weighted by atomic mass is 16.5. The molecule has 0 spiro atoms. The summed E-state index contributed by atoms with van der Waals surface area (Å²) in [7, 11) is 1.64. The van der Waals surface area contributed by atoms with E-state index in [4.69, 9.17) is 10.00 Å². The van der Waals surface area contributed by atoms with Gasteiger partial charge in [0.2, 0.25) is 0 Å². The first-order valence-electron chi connectivity index (χ1n) is 4.05. The predicted molar refractivity (Wildman–Crippen MR) is 48.4 cm³/mol. The number of hydrogen-bond acceptors (Lipinski definition) is 3. The van der Waals surface area contributed by atoms with E-state index >= 15 is 0 Å². The lowest BCUT2D eigenvalue weighted by atomic mass is 10.2. The molecule has 3 heteroatoms. The molecule has 1 N–H and O–H groups in total. The molecule has 0 aliphatic carbocycles. The maximum atomic E-state index is 8.65. The van der Waals surface area contributed by atoms with Crippen LogP contribution in [0.4, 0.5) is 0 Å². The predicted octanol–water partition coefficient (Wildman–Crippen LogP) is 1.29. The fourth-order valence-corrected chi connectivity index (χ4v) is 0.757. The number of hydrogen-bond donors (Lipinski definition) is 1. The Kier molecular flexibility index (Phi) is 6.12. The van der Waals surface area contributed by atoms with Crippen molar-refractivity contribution in [2.75, 3.05) is 20.3 Å². The van der Waals surface area contributed by atoms with E-state index in [1.807, 2.05) is 19.9 Å². The molecule has 0 rings (SSSR count). The SMILES string of the molecule is COCCNC(C#N)=CC(C)C. The summed E-state index contributed by atoms with van der Waals surface area (Å²) in [4.78, 5) is 0. The number of nitriles is 1. The van der Waals surface area contributed by atoms with E-state index in [-0.39, 0.29) is 0 Å². The monoisotopic (exact) mass is 168 g/mol. The van der Waals surface area contributed by atoms with Crippen molar-refractivity contribution < 1.29 is 4.74 Å². The molecule has 0 saturated carbocycles. The molecule has 0 fully saturated rings. The first-order chi connectivity index (χ1) is 5.70. The van der Waals surface area contributed by atoms with E-state index in [1.165, 1.54) is 0 Å². The van der Waals surface area contributed by atoms with Gasteiger partial charge in [-0.25, -0.2) is 0 Å². The summed E-state index contributed by atoms with van der Waals surface area (Å²) in [5.41, 5.74) is 0.627. The van der Waals surface area contributed by atoms with E-state index in [0.29, 0.717) is 24.8 Å². The van der Waals surface area contributed by atoms with Crippen LogP contribution in [0, 0.1) is 17.2 Å². The van der Waals surface area contributed by atoms with Crippen LogP contribution in [0.5, 0.6) is 0 Å². The van der Waals surface area contributed by atoms with Gasteiger partial charge in [0.15, 0.2) is 0 Å². The number of nitrogens with zero attached hydrogens (tertiary/aromatic N) is 1. The first kappa shape index (κ1) is 11.0. The standard InChI is InChI=1S/C9H16N2O/c1-8(2)6-9(7-10)11-4-5-12-3/h6,8,11H,4-5H2,1-3H3. The summed E-state index contributed by atoms with van der Waals surface area (Å²) in [6, 6.07) is 2.09. The maximum Gasteiger partial charge on any atom is 0.117 e. The number of methoxy groups -OCH3 is 1. The van der Waals surface area contributed by atoms with Crippen molar-refractivity contribution in [1.82, 2.24) is 5.32 Å². The highest BCUT2D eigenvalue weighted by Gasteiger charge is 1.94. The molecule has 0 aromatic heterocycles. The van der Waals surface area contributed by atoms with Gasteiger partial charge < -0.3 is 10.1 Å². The Morgan fingerprint density at radius 2 is 2.33 bits per heavy atom. The number of allylic oxidation sites excluding steroid dienone is 2. The molecule has 0 aliphatic rings. The van der Waals surface area contributed by atoms with E-state index < -0.39 is 0 Å². The first-order valence-corrected chi connectivity index (χ1v) is 4.05. The molecule has 68 valence electrons. The van der Waals surface area contributed by atoms with Gasteiger partial charge in [-0.05, 0) is 12.0 Å². The van der Waals surface area contributed by atoms with E-state index in [2.05, 4.69) is 11.4 Å². The van der Waals surface area contributed by atoms with Crippen molar-refractivity contribution in [3.63, 3.8) is 0 Å². The van der Waals surface area contributed by atoms with Crippen molar-refractivity contribution in [2.45, 2.75) is 13.8 Å². The second-order valence-corrected chi connectivity index (χ2v) is 2.86. The van der Waals surface area contributed by atoms with Gasteiger partial charge in [0, 0.05) is 13.7 Å². The van der Waals surface area contributed by atoms with Gasteiger partial charge >= 0.3 is 0 Å². The van der Waals surface area contributed by atoms with Crippen LogP contribution in [0.2, 0.25) is 0 Å². The average molecular weight is 168 g/mol. The van der Waals surface area contributed by atoms with Crippen molar-refractivity contribution in [1.29, 1.82) is 5.26 Å². The molecule has 0 aromatic rings. The fraction of sp³-hybridized carbons (Fsp3) is 0.667. The lowest BCUT2D eigenvalue weighted by Crippen LogP contribution is -2.18. The second-order valence-electron chi connectivity index (χ2n) is 2.86. The van der Waals surface area contributed by atoms with Gasteiger partial charge in [0.25, 0.3) is 0 Å². The molecule has 0 unspecified atom stereocenters. The molecule has 0 heterocycles. The van der Waals surface area contributed by atoms with Crippen LogP contribution in [-0.2, 0) is 4.74 Å². The molecule has 3 nitrogen and oxygen atoms in total. The molecule has 0 saturated heterocycles. The Bertz CT molecular complexity index is 179. The van der Waals surface area contributed by atoms with Crippen LogP contribution in [-0.4, -0.2) is 20.3 Å². The average Bonchev–Trinajstić information content (AvgIpc) is 2.02. The van der Waals surface area contributed by atoms with Gasteiger partial charge in [-0.15, -0.1) is 0 Å². The summed E-state index contributed by atoms with van der Waals surface area (Å²) >= 11 is 0. The van der Waals surface area contributed by atoms with Crippen LogP contribution in [0.1, 0.15) is 13.8 Å². The summed E-state index contributed by atoms with van der Waals surface area (Å²) in [6.45, 7) is 5.38. The summed E-state index contributed by atoms with van der Waals surface area (Å²) in [5.74, 6) is 0.398. The van der Waals surface area contributed by atoms with Gasteiger partial charge in [-0.3, -0.25) is 0 Å². The molecular formula is C9H16N2O. The van der Waals surface area contributed by atoms with Gasteiger partial charge in [-0.1, -0.05) is 13.8 Å². The number of nitrogens with one attached hydrogen (secondary N) is 1. The minimum Gasteiger partial charge on any atom is -0.383 e. The van der Waals surface area contributed by atoms with E-state index in [1.54, 1.807) is 7.11 Å². The third kappa shape index (κ3) is 5.75. The largest absolute Gasteiger partial charge is 0.383 e. The van der Waals surface area contributed by atoms with E-state index in [9.17, 15) is 0 Å². The zero-order valence-electron chi connectivity index (χ0n) is 7.92. The maximum absolute atomic E-state index is 8.65. The van der Waals surface area contributed by atoms with Crippen LogP contribution >= 0.6 is 0 Å². The van der Waals surface area contributed by atoms with Crippen molar-refractivity contribution >= 4 is 0 Å². The van der Waals surface area contributed by atoms with Crippen molar-refractivity contribution in [3.8, 4) is 6.07 Å². The quantitative estimate of drug-likeness (QED) is 0.497. The molecule has 0 amide bonds. The Hall–Kier alpha value is -1.01. The van der Waals surface area contributed by atoms with Crippen LogP contribution < -0.4 is 5.32 Å². The Morgan fingerprint density at radius 3 is 2.75 bits per heavy atom. The van der Waals surface area contributed by atoms with Gasteiger partial charge in [0.05, 0.1) is 6.61 Å². The Balaban J connectivity index is 3.78. The third-order valence-corrected chi connectivity index (χ3v) is 1.24. The molecule has 0 aromatic carbocycles. The van der Waals surface area contributed by atoms with E-state index in [0.717, 1.165) is 0 Å². The molecular weight excluding hydrogens is 152 g/mol. The van der Waals surface area contributed by atoms with Crippen molar-refractivity contribution in [2.24, 2.45) is 5.92 Å². The van der Waals surface area contributed by atoms with Crippen LogP contribution in [0.15, 0.2) is 11.8 Å². The summed E-state index contributed by atoms with van der Waals surface area (Å²) < 4.78 is 4.84. The van der Waals surface area contributed by atoms with Gasteiger partial charge in [0.1, 0.15) is 11.8 Å². The molecule has 0 aliphatic heterocycles. The number of rotatable bonds is 5. The number of ether oxygens (including phenoxy) is 1. The highest BCUT2D eigenvalue weighted by Crippen LogP contribution is 1.97. The lowest BCUT2D eigenvalue weighted by Gasteiger charge is -2.04. The zero-order chi connectivity index (χ0) is 9.40. The molecule has 12 heavy (non-hydrogen) atoms. The second kappa shape index (κ2) is 6.68. The third-order valence-electron chi connectivity index (χ3n) is 1.24. The van der Waals surface area contributed by atoms with Gasteiger partial charge in [-0.2, -0.15) is 5.26 Å². The minimum atomic E-state index is 0.398. The van der Waals surface area contributed by atoms with Crippen molar-refractivity contribution in [3.05, 3.63) is 11.8 Å². The smallest absolute Gasteiger partial charge is 0.117 e. The summed E-state index contributed by atoms with van der Waals surface area (Å²) in [6.07, 6.45) is 1.90. The molecule has 0 radical (unpaired) electrons. The zero-order valence-corrected chi connectivity index (χ0v) is 7.92. The Morgan fingerprint density at radius 1 is 1.67 bits per heavy atom. The lowest BCUT2D eigenvalue weighted by molar-refractivity contribution is 0.202.